The standard InChI is InChI=1S/C34H34N3/c1-22(2)29-19-26(25-14-9-8-10-15-25)20-30(23(3)4)33(29)37-31-18-17-27(35-6)21-32(31)36(7)34(37)28-16-12-11-13-24(28)5/h8-23H,1-5,7H3/q+1. The highest BCUT2D eigenvalue weighted by Gasteiger charge is 2.31. The fourth-order valence-corrected chi connectivity index (χ4v) is 5.38. The van der Waals surface area contributed by atoms with Crippen molar-refractivity contribution in [3.63, 3.8) is 0 Å². The van der Waals surface area contributed by atoms with Gasteiger partial charge in [0.1, 0.15) is 5.69 Å². The van der Waals surface area contributed by atoms with Crippen LogP contribution >= 0.6 is 0 Å². The Kier molecular flexibility index (Phi) is 6.44. The maximum Gasteiger partial charge on any atom is 0.295 e. The lowest BCUT2D eigenvalue weighted by atomic mass is 9.88. The highest BCUT2D eigenvalue weighted by atomic mass is 15.2. The van der Waals surface area contributed by atoms with E-state index in [1.54, 1.807) is 0 Å². The molecule has 5 aromatic rings. The van der Waals surface area contributed by atoms with E-state index in [1.165, 1.54) is 39.1 Å². The van der Waals surface area contributed by atoms with Gasteiger partial charge in [-0.15, -0.1) is 0 Å². The predicted molar refractivity (Wildman–Crippen MR) is 154 cm³/mol. The van der Waals surface area contributed by atoms with Gasteiger partial charge in [-0.25, -0.2) is 9.41 Å². The largest absolute Gasteiger partial charge is 0.295 e. The molecule has 0 atom stereocenters. The second-order valence-electron chi connectivity index (χ2n) is 10.5. The fraction of sp³-hybridized carbons (Fsp3) is 0.235. The van der Waals surface area contributed by atoms with Crippen LogP contribution in [0.2, 0.25) is 0 Å². The van der Waals surface area contributed by atoms with Crippen molar-refractivity contribution < 1.29 is 4.57 Å². The van der Waals surface area contributed by atoms with Crippen molar-refractivity contribution in [2.75, 3.05) is 0 Å². The quantitative estimate of drug-likeness (QED) is 0.175. The van der Waals surface area contributed by atoms with Gasteiger partial charge in [-0.05, 0) is 65.8 Å². The number of fused-ring (bicyclic) bond motifs is 1. The smallest absolute Gasteiger partial charge is 0.238 e. The lowest BCUT2D eigenvalue weighted by molar-refractivity contribution is -0.557. The van der Waals surface area contributed by atoms with Gasteiger partial charge in [0, 0.05) is 11.1 Å². The molecule has 0 aliphatic carbocycles. The number of rotatable bonds is 5. The molecule has 4 aromatic carbocycles. The zero-order chi connectivity index (χ0) is 26.3. The minimum atomic E-state index is 0.325. The molecule has 3 nitrogen and oxygen atoms in total. The summed E-state index contributed by atoms with van der Waals surface area (Å²) >= 11 is 0. The molecule has 184 valence electrons. The van der Waals surface area contributed by atoms with Crippen LogP contribution in [0.3, 0.4) is 0 Å². The molecule has 1 heterocycles. The lowest BCUT2D eigenvalue weighted by Crippen LogP contribution is -2.36. The molecule has 0 fully saturated rings. The van der Waals surface area contributed by atoms with Crippen LogP contribution in [-0.4, -0.2) is 4.57 Å². The minimum Gasteiger partial charge on any atom is -0.238 e. The van der Waals surface area contributed by atoms with Crippen molar-refractivity contribution in [3.8, 4) is 28.2 Å². The maximum atomic E-state index is 7.61. The molecule has 0 spiro atoms. The summed E-state index contributed by atoms with van der Waals surface area (Å²) in [6.07, 6.45) is 0. The predicted octanol–water partition coefficient (Wildman–Crippen LogP) is 8.90. The second-order valence-corrected chi connectivity index (χ2v) is 10.5. The summed E-state index contributed by atoms with van der Waals surface area (Å²) in [6.45, 7) is 18.9. The number of benzene rings is 4. The normalized spacial score (nSPS) is 11.4. The Morgan fingerprint density at radius 3 is 1.97 bits per heavy atom. The average Bonchev–Trinajstić information content (AvgIpc) is 3.19. The number of nitrogens with zero attached hydrogens (tertiary/aromatic N) is 3. The average molecular weight is 485 g/mol. The number of hydrogen-bond donors (Lipinski definition) is 0. The summed E-state index contributed by atoms with van der Waals surface area (Å²) in [6, 6.07) is 30.1. The molecular formula is C34H34N3+. The Morgan fingerprint density at radius 2 is 1.38 bits per heavy atom. The molecule has 3 heteroatoms. The van der Waals surface area contributed by atoms with E-state index in [-0.39, 0.29) is 0 Å². The molecular weight excluding hydrogens is 450 g/mol. The van der Waals surface area contributed by atoms with Crippen LogP contribution < -0.4 is 4.57 Å². The van der Waals surface area contributed by atoms with E-state index in [9.17, 15) is 0 Å². The van der Waals surface area contributed by atoms with Crippen LogP contribution in [-0.2, 0) is 7.05 Å². The van der Waals surface area contributed by atoms with Gasteiger partial charge in [0.15, 0.2) is 16.7 Å². The van der Waals surface area contributed by atoms with Crippen molar-refractivity contribution in [1.29, 1.82) is 0 Å². The lowest BCUT2D eigenvalue weighted by Gasteiger charge is -2.21. The van der Waals surface area contributed by atoms with Crippen molar-refractivity contribution >= 4 is 16.7 Å². The summed E-state index contributed by atoms with van der Waals surface area (Å²) in [5.41, 5.74) is 11.7. The number of aromatic nitrogens is 2. The van der Waals surface area contributed by atoms with Crippen LogP contribution in [0, 0.1) is 13.5 Å². The summed E-state index contributed by atoms with van der Waals surface area (Å²) in [4.78, 5) is 3.73. The van der Waals surface area contributed by atoms with E-state index in [4.69, 9.17) is 6.57 Å². The van der Waals surface area contributed by atoms with Gasteiger partial charge in [0.25, 0.3) is 5.82 Å². The number of hydrogen-bond acceptors (Lipinski definition) is 0. The van der Waals surface area contributed by atoms with E-state index in [0.717, 1.165) is 16.9 Å². The van der Waals surface area contributed by atoms with Gasteiger partial charge < -0.3 is 0 Å². The first kappa shape index (κ1) is 24.5. The number of aryl methyl sites for hydroxylation is 2. The molecule has 0 saturated heterocycles. The van der Waals surface area contributed by atoms with Gasteiger partial charge in [0.2, 0.25) is 0 Å². The van der Waals surface area contributed by atoms with Crippen LogP contribution in [0.15, 0.2) is 84.9 Å². The van der Waals surface area contributed by atoms with Crippen molar-refractivity contribution in [3.05, 3.63) is 113 Å². The third kappa shape index (κ3) is 4.23. The first-order chi connectivity index (χ1) is 17.8. The highest BCUT2D eigenvalue weighted by Crippen LogP contribution is 2.37. The molecule has 1 aromatic heterocycles. The Labute approximate surface area is 220 Å². The fourth-order valence-electron chi connectivity index (χ4n) is 5.38. The molecule has 0 unspecified atom stereocenters. The van der Waals surface area contributed by atoms with E-state index in [1.807, 2.05) is 12.1 Å². The number of imidazole rings is 1. The van der Waals surface area contributed by atoms with Crippen LogP contribution in [0.5, 0.6) is 0 Å². The zero-order valence-corrected chi connectivity index (χ0v) is 22.6. The Morgan fingerprint density at radius 1 is 0.757 bits per heavy atom. The Balaban J connectivity index is 1.96. The first-order valence-electron chi connectivity index (χ1n) is 13.0. The summed E-state index contributed by atoms with van der Waals surface area (Å²) in [5.74, 6) is 1.78. The molecule has 0 saturated carbocycles. The van der Waals surface area contributed by atoms with Crippen LogP contribution in [0.1, 0.15) is 56.2 Å². The van der Waals surface area contributed by atoms with E-state index < -0.39 is 0 Å². The third-order valence-corrected chi connectivity index (χ3v) is 7.35. The van der Waals surface area contributed by atoms with Crippen LogP contribution in [0.25, 0.3) is 44.1 Å². The Bertz CT molecular complexity index is 1620. The van der Waals surface area contributed by atoms with Crippen molar-refractivity contribution in [1.82, 2.24) is 4.57 Å². The second kappa shape index (κ2) is 9.71. The SMILES string of the molecule is [C-]#[N+]c1ccc2c(c1)n(C)c(-c1ccccc1C)[n+]2-c1c(C(C)C)cc(-c2ccccc2)cc1C(C)C. The summed E-state index contributed by atoms with van der Waals surface area (Å²) in [7, 11) is 2.12. The third-order valence-electron chi connectivity index (χ3n) is 7.35. The molecule has 0 bridgehead atoms. The molecule has 0 aliphatic heterocycles. The summed E-state index contributed by atoms with van der Waals surface area (Å²) < 4.78 is 4.70. The van der Waals surface area contributed by atoms with E-state index in [0.29, 0.717) is 17.5 Å². The molecule has 0 amide bonds. The molecule has 37 heavy (non-hydrogen) atoms. The van der Waals surface area contributed by atoms with Crippen molar-refractivity contribution in [2.24, 2.45) is 7.05 Å². The van der Waals surface area contributed by atoms with Gasteiger partial charge in [-0.2, -0.15) is 4.57 Å². The van der Waals surface area contributed by atoms with Gasteiger partial charge in [-0.1, -0.05) is 82.3 Å². The van der Waals surface area contributed by atoms with Gasteiger partial charge in [0.05, 0.1) is 19.2 Å². The van der Waals surface area contributed by atoms with Gasteiger partial charge >= 0.3 is 0 Å². The minimum absolute atomic E-state index is 0.325. The van der Waals surface area contributed by atoms with E-state index in [2.05, 4.69) is 128 Å². The van der Waals surface area contributed by atoms with Gasteiger partial charge in [-0.3, -0.25) is 0 Å². The van der Waals surface area contributed by atoms with Crippen LogP contribution in [0.4, 0.5) is 5.69 Å². The molecule has 0 aliphatic rings. The monoisotopic (exact) mass is 484 g/mol. The molecule has 0 N–H and O–H groups in total. The topological polar surface area (TPSA) is 13.2 Å². The molecule has 5 rings (SSSR count). The summed E-state index contributed by atoms with van der Waals surface area (Å²) in [5, 5.41) is 0. The first-order valence-corrected chi connectivity index (χ1v) is 13.0. The Hall–Kier alpha value is -4.16. The van der Waals surface area contributed by atoms with Crippen molar-refractivity contribution in [2.45, 2.75) is 46.5 Å². The highest BCUT2D eigenvalue weighted by molar-refractivity contribution is 5.82. The maximum absolute atomic E-state index is 7.61. The zero-order valence-electron chi connectivity index (χ0n) is 22.6. The van der Waals surface area contributed by atoms with E-state index >= 15 is 0 Å². The molecule has 0 radical (unpaired) electrons.